The molecule has 0 saturated carbocycles. The minimum atomic E-state index is -0.322. The fourth-order valence-electron chi connectivity index (χ4n) is 2.52. The van der Waals surface area contributed by atoms with Crippen molar-refractivity contribution in [2.75, 3.05) is 0 Å². The number of hydrogen-bond donors (Lipinski definition) is 0. The van der Waals surface area contributed by atoms with Gasteiger partial charge in [-0.25, -0.2) is 8.78 Å². The standard InChI is InChI=1S/C19H14F2/c1-13-11-16(14-5-3-2-4-6-14)12-18(21)19(13)15-7-9-17(20)10-8-15/h2-12H,1H3. The second-order valence-corrected chi connectivity index (χ2v) is 5.02. The van der Waals surface area contributed by atoms with Gasteiger partial charge in [0.05, 0.1) is 0 Å². The second kappa shape index (κ2) is 5.49. The van der Waals surface area contributed by atoms with Crippen LogP contribution in [0.5, 0.6) is 0 Å². The number of rotatable bonds is 2. The van der Waals surface area contributed by atoms with Crippen LogP contribution in [0.2, 0.25) is 0 Å². The zero-order chi connectivity index (χ0) is 14.8. The Morgan fingerprint density at radius 2 is 1.33 bits per heavy atom. The van der Waals surface area contributed by atoms with Gasteiger partial charge in [-0.2, -0.15) is 0 Å². The van der Waals surface area contributed by atoms with Crippen LogP contribution >= 0.6 is 0 Å². The van der Waals surface area contributed by atoms with Crippen molar-refractivity contribution < 1.29 is 8.78 Å². The Kier molecular flexibility index (Phi) is 3.53. The maximum atomic E-state index is 14.5. The van der Waals surface area contributed by atoms with E-state index >= 15 is 0 Å². The van der Waals surface area contributed by atoms with E-state index in [9.17, 15) is 8.78 Å². The molecule has 3 rings (SSSR count). The molecule has 0 N–H and O–H groups in total. The summed E-state index contributed by atoms with van der Waals surface area (Å²) in [6, 6.07) is 19.1. The first-order chi connectivity index (χ1) is 10.1. The Labute approximate surface area is 122 Å². The van der Waals surface area contributed by atoms with Crippen LogP contribution in [0.3, 0.4) is 0 Å². The molecular formula is C19H14F2. The molecule has 0 aromatic heterocycles. The molecular weight excluding hydrogens is 266 g/mol. The summed E-state index contributed by atoms with van der Waals surface area (Å²) in [7, 11) is 0. The summed E-state index contributed by atoms with van der Waals surface area (Å²) >= 11 is 0. The van der Waals surface area contributed by atoms with Crippen LogP contribution in [0.15, 0.2) is 66.7 Å². The highest BCUT2D eigenvalue weighted by Crippen LogP contribution is 2.31. The Balaban J connectivity index is 2.11. The first kappa shape index (κ1) is 13.5. The topological polar surface area (TPSA) is 0 Å². The third kappa shape index (κ3) is 2.70. The van der Waals surface area contributed by atoms with E-state index in [-0.39, 0.29) is 11.6 Å². The SMILES string of the molecule is Cc1cc(-c2ccccc2)cc(F)c1-c1ccc(F)cc1. The summed E-state index contributed by atoms with van der Waals surface area (Å²) in [5.41, 5.74) is 3.86. The van der Waals surface area contributed by atoms with Crippen LogP contribution in [0, 0.1) is 18.6 Å². The number of halogens is 2. The highest BCUT2D eigenvalue weighted by molar-refractivity contribution is 5.74. The third-order valence-electron chi connectivity index (χ3n) is 3.53. The summed E-state index contributed by atoms with van der Waals surface area (Å²) in [6.07, 6.45) is 0. The van der Waals surface area contributed by atoms with Crippen LogP contribution in [0.25, 0.3) is 22.3 Å². The van der Waals surface area contributed by atoms with Gasteiger partial charge in [0.15, 0.2) is 0 Å². The van der Waals surface area contributed by atoms with Crippen molar-refractivity contribution in [2.24, 2.45) is 0 Å². The molecule has 0 aliphatic carbocycles. The van der Waals surface area contributed by atoms with E-state index in [1.165, 1.54) is 18.2 Å². The highest BCUT2D eigenvalue weighted by atomic mass is 19.1. The molecule has 0 saturated heterocycles. The van der Waals surface area contributed by atoms with Gasteiger partial charge >= 0.3 is 0 Å². The van der Waals surface area contributed by atoms with Crippen molar-refractivity contribution >= 4 is 0 Å². The van der Waals surface area contributed by atoms with Gasteiger partial charge in [0.1, 0.15) is 11.6 Å². The maximum Gasteiger partial charge on any atom is 0.131 e. The Bertz CT molecular complexity index is 736. The fourth-order valence-corrected chi connectivity index (χ4v) is 2.52. The molecule has 0 heterocycles. The van der Waals surface area contributed by atoms with Crippen LogP contribution in [-0.4, -0.2) is 0 Å². The van der Waals surface area contributed by atoms with Crippen molar-refractivity contribution in [1.82, 2.24) is 0 Å². The summed E-state index contributed by atoms with van der Waals surface area (Å²) in [6.45, 7) is 1.87. The molecule has 0 fully saturated rings. The molecule has 3 aromatic rings. The van der Waals surface area contributed by atoms with Crippen molar-refractivity contribution in [3.8, 4) is 22.3 Å². The molecule has 0 bridgehead atoms. The second-order valence-electron chi connectivity index (χ2n) is 5.02. The average Bonchev–Trinajstić information content (AvgIpc) is 2.49. The molecule has 0 radical (unpaired) electrons. The fraction of sp³-hybridized carbons (Fsp3) is 0.0526. The molecule has 0 spiro atoms. The van der Waals surface area contributed by atoms with Gasteiger partial charge in [-0.05, 0) is 47.4 Å². The Morgan fingerprint density at radius 3 is 1.95 bits per heavy atom. The highest BCUT2D eigenvalue weighted by Gasteiger charge is 2.11. The van der Waals surface area contributed by atoms with E-state index in [0.717, 1.165) is 16.7 Å². The lowest BCUT2D eigenvalue weighted by molar-refractivity contribution is 0.625. The summed E-state index contributed by atoms with van der Waals surface area (Å²) in [4.78, 5) is 0. The Morgan fingerprint density at radius 1 is 0.667 bits per heavy atom. The van der Waals surface area contributed by atoms with Crippen molar-refractivity contribution in [1.29, 1.82) is 0 Å². The van der Waals surface area contributed by atoms with Crippen molar-refractivity contribution in [3.63, 3.8) is 0 Å². The minimum Gasteiger partial charge on any atom is -0.207 e. The van der Waals surface area contributed by atoms with Crippen LogP contribution in [0.4, 0.5) is 8.78 Å². The van der Waals surface area contributed by atoms with Gasteiger partial charge in [-0.15, -0.1) is 0 Å². The normalized spacial score (nSPS) is 10.6. The lowest BCUT2D eigenvalue weighted by atomic mass is 9.95. The van der Waals surface area contributed by atoms with Gasteiger partial charge in [-0.1, -0.05) is 48.5 Å². The van der Waals surface area contributed by atoms with Gasteiger partial charge in [-0.3, -0.25) is 0 Å². The summed E-state index contributed by atoms with van der Waals surface area (Å²) in [5.74, 6) is -0.613. The molecule has 0 amide bonds. The minimum absolute atomic E-state index is 0.291. The first-order valence-corrected chi connectivity index (χ1v) is 6.76. The molecule has 21 heavy (non-hydrogen) atoms. The molecule has 0 nitrogen and oxygen atoms in total. The van der Waals surface area contributed by atoms with Crippen molar-refractivity contribution in [3.05, 3.63) is 83.9 Å². The van der Waals surface area contributed by atoms with E-state index < -0.39 is 0 Å². The molecule has 3 aromatic carbocycles. The van der Waals surface area contributed by atoms with Gasteiger partial charge < -0.3 is 0 Å². The lowest BCUT2D eigenvalue weighted by Gasteiger charge is -2.11. The molecule has 2 heteroatoms. The molecule has 0 aliphatic rings. The maximum absolute atomic E-state index is 14.5. The smallest absolute Gasteiger partial charge is 0.131 e. The van der Waals surface area contributed by atoms with Crippen LogP contribution in [-0.2, 0) is 0 Å². The molecule has 0 unspecified atom stereocenters. The van der Waals surface area contributed by atoms with E-state index in [1.54, 1.807) is 12.1 Å². The zero-order valence-electron chi connectivity index (χ0n) is 11.6. The quantitative estimate of drug-likeness (QED) is 0.572. The van der Waals surface area contributed by atoms with Crippen molar-refractivity contribution in [2.45, 2.75) is 6.92 Å². The Hall–Kier alpha value is -2.48. The number of benzene rings is 3. The molecule has 0 atom stereocenters. The summed E-state index contributed by atoms with van der Waals surface area (Å²) in [5, 5.41) is 0. The monoisotopic (exact) mass is 280 g/mol. The number of hydrogen-bond acceptors (Lipinski definition) is 0. The van der Waals surface area contributed by atoms with E-state index in [2.05, 4.69) is 0 Å². The van der Waals surface area contributed by atoms with E-state index in [1.807, 2.05) is 43.3 Å². The average molecular weight is 280 g/mol. The van der Waals surface area contributed by atoms with Gasteiger partial charge in [0.2, 0.25) is 0 Å². The summed E-state index contributed by atoms with van der Waals surface area (Å²) < 4.78 is 27.5. The predicted octanol–water partition coefficient (Wildman–Crippen LogP) is 5.61. The predicted molar refractivity (Wildman–Crippen MR) is 82.0 cm³/mol. The van der Waals surface area contributed by atoms with E-state index in [4.69, 9.17) is 0 Å². The molecule has 104 valence electrons. The zero-order valence-corrected chi connectivity index (χ0v) is 11.6. The largest absolute Gasteiger partial charge is 0.207 e. The van der Waals surface area contributed by atoms with Crippen LogP contribution in [0.1, 0.15) is 5.56 Å². The third-order valence-corrected chi connectivity index (χ3v) is 3.53. The number of aryl methyl sites for hydroxylation is 1. The first-order valence-electron chi connectivity index (χ1n) is 6.76. The molecule has 0 aliphatic heterocycles. The van der Waals surface area contributed by atoms with Gasteiger partial charge in [0, 0.05) is 5.56 Å². The van der Waals surface area contributed by atoms with E-state index in [0.29, 0.717) is 11.1 Å². The lowest BCUT2D eigenvalue weighted by Crippen LogP contribution is -1.91. The van der Waals surface area contributed by atoms with Crippen LogP contribution < -0.4 is 0 Å². The van der Waals surface area contributed by atoms with Gasteiger partial charge in [0.25, 0.3) is 0 Å².